The topological polar surface area (TPSA) is 78.5 Å². The smallest absolute Gasteiger partial charge is 0.240 e. The molecule has 3 aliphatic heterocycles. The van der Waals surface area contributed by atoms with E-state index < -0.39 is 10.0 Å². The third kappa shape index (κ3) is 3.52. The van der Waals surface area contributed by atoms with Crippen molar-refractivity contribution in [1.82, 2.24) is 14.9 Å². The van der Waals surface area contributed by atoms with E-state index in [0.717, 1.165) is 43.5 Å². The number of benzene rings is 1. The highest BCUT2D eigenvalue weighted by Crippen LogP contribution is 2.39. The van der Waals surface area contributed by atoms with Crippen LogP contribution in [0.15, 0.2) is 23.1 Å². The van der Waals surface area contributed by atoms with Crippen LogP contribution in [0.5, 0.6) is 0 Å². The van der Waals surface area contributed by atoms with Crippen LogP contribution in [0, 0.1) is 25.7 Å². The molecule has 1 amide bonds. The highest BCUT2D eigenvalue weighted by molar-refractivity contribution is 7.89. The van der Waals surface area contributed by atoms with E-state index >= 15 is 0 Å². The van der Waals surface area contributed by atoms with E-state index in [2.05, 4.69) is 10.0 Å². The van der Waals surface area contributed by atoms with Crippen molar-refractivity contribution in [2.75, 3.05) is 19.6 Å². The van der Waals surface area contributed by atoms with E-state index in [1.165, 1.54) is 0 Å². The minimum absolute atomic E-state index is 0.0632. The largest absolute Gasteiger partial charge is 0.335 e. The Kier molecular flexibility index (Phi) is 5.03. The lowest BCUT2D eigenvalue weighted by molar-refractivity contribution is -0.148. The number of hydrogen-bond donors (Lipinski definition) is 2. The Morgan fingerprint density at radius 3 is 2.81 bits per heavy atom. The molecule has 0 aromatic heterocycles. The fourth-order valence-electron chi connectivity index (χ4n) is 5.17. The maximum atomic E-state index is 12.9. The van der Waals surface area contributed by atoms with Crippen LogP contribution in [0.3, 0.4) is 0 Å². The van der Waals surface area contributed by atoms with E-state index in [1.807, 2.05) is 30.9 Å². The van der Waals surface area contributed by atoms with Gasteiger partial charge < -0.3 is 10.2 Å². The van der Waals surface area contributed by atoms with Crippen molar-refractivity contribution in [3.8, 4) is 0 Å². The second-order valence-electron chi connectivity index (χ2n) is 8.36. The van der Waals surface area contributed by atoms with Crippen molar-refractivity contribution in [1.29, 1.82) is 0 Å². The fourth-order valence-corrected chi connectivity index (χ4v) is 6.55. The van der Waals surface area contributed by atoms with Gasteiger partial charge in [-0.05, 0) is 75.2 Å². The van der Waals surface area contributed by atoms with Gasteiger partial charge in [-0.3, -0.25) is 4.79 Å². The van der Waals surface area contributed by atoms with Crippen LogP contribution in [-0.2, 0) is 14.8 Å². The van der Waals surface area contributed by atoms with Crippen LogP contribution in [0.25, 0.3) is 0 Å². The van der Waals surface area contributed by atoms with Gasteiger partial charge in [0, 0.05) is 25.0 Å². The second kappa shape index (κ2) is 7.18. The van der Waals surface area contributed by atoms with Gasteiger partial charge >= 0.3 is 0 Å². The zero-order valence-electron chi connectivity index (χ0n) is 16.1. The summed E-state index contributed by atoms with van der Waals surface area (Å²) in [5.74, 6) is 1.00. The summed E-state index contributed by atoms with van der Waals surface area (Å²) < 4.78 is 28.7. The number of hydrogen-bond acceptors (Lipinski definition) is 4. The highest BCUT2D eigenvalue weighted by atomic mass is 32.2. The number of aryl methyl sites for hydroxylation is 2. The van der Waals surface area contributed by atoms with Crippen LogP contribution < -0.4 is 10.0 Å². The SMILES string of the molecule is Cc1ccc(C)c(S(=O)(=O)NC[C@H]2[C@@H]3CNC[C@H](C3)[C@@H]3CCCC(=O)N32)c1. The Hall–Kier alpha value is -1.44. The van der Waals surface area contributed by atoms with Crippen molar-refractivity contribution in [2.24, 2.45) is 11.8 Å². The highest BCUT2D eigenvalue weighted by Gasteiger charge is 2.47. The lowest BCUT2D eigenvalue weighted by Crippen LogP contribution is -2.66. The zero-order chi connectivity index (χ0) is 19.2. The molecule has 1 aromatic rings. The molecule has 27 heavy (non-hydrogen) atoms. The van der Waals surface area contributed by atoms with Crippen molar-refractivity contribution >= 4 is 15.9 Å². The third-order valence-electron chi connectivity index (χ3n) is 6.52. The first-order valence-corrected chi connectivity index (χ1v) is 11.4. The third-order valence-corrected chi connectivity index (χ3v) is 8.08. The molecule has 0 saturated carbocycles. The standard InChI is InChI=1S/C20H29N3O3S/c1-13-6-7-14(2)19(8-13)27(25,26)22-12-18-16-9-15(10-21-11-16)17-4-3-5-20(24)23(17)18/h6-8,15-18,21-22H,3-5,9-12H2,1-2H3/t15-,16-,17-,18-/m0/s1. The molecular weight excluding hydrogens is 362 g/mol. The Labute approximate surface area is 161 Å². The summed E-state index contributed by atoms with van der Waals surface area (Å²) in [6, 6.07) is 5.66. The van der Waals surface area contributed by atoms with E-state index in [1.54, 1.807) is 6.07 Å². The second-order valence-corrected chi connectivity index (χ2v) is 10.1. The van der Waals surface area contributed by atoms with E-state index in [4.69, 9.17) is 0 Å². The molecule has 7 heteroatoms. The average molecular weight is 392 g/mol. The van der Waals surface area contributed by atoms with Crippen LogP contribution in [0.1, 0.15) is 36.8 Å². The molecule has 4 rings (SSSR count). The summed E-state index contributed by atoms with van der Waals surface area (Å²) in [6.45, 7) is 5.81. The zero-order valence-corrected chi connectivity index (χ0v) is 16.9. The van der Waals surface area contributed by atoms with Gasteiger partial charge in [0.1, 0.15) is 0 Å². The summed E-state index contributed by atoms with van der Waals surface area (Å²) in [7, 11) is -3.60. The first-order valence-electron chi connectivity index (χ1n) is 9.95. The van der Waals surface area contributed by atoms with Gasteiger partial charge in [0.15, 0.2) is 0 Å². The molecule has 0 aliphatic carbocycles. The Balaban J connectivity index is 1.57. The number of piperidine rings is 3. The summed E-state index contributed by atoms with van der Waals surface area (Å²) in [6.07, 6.45) is 3.65. The fraction of sp³-hybridized carbons (Fsp3) is 0.650. The number of nitrogens with zero attached hydrogens (tertiary/aromatic N) is 1. The Morgan fingerprint density at radius 1 is 1.22 bits per heavy atom. The maximum absolute atomic E-state index is 12.9. The molecule has 2 bridgehead atoms. The molecule has 4 atom stereocenters. The van der Waals surface area contributed by atoms with E-state index in [9.17, 15) is 13.2 Å². The summed E-state index contributed by atoms with van der Waals surface area (Å²) >= 11 is 0. The molecule has 0 spiro atoms. The number of nitrogens with one attached hydrogen (secondary N) is 2. The van der Waals surface area contributed by atoms with Gasteiger partial charge in [0.2, 0.25) is 15.9 Å². The molecular formula is C20H29N3O3S. The van der Waals surface area contributed by atoms with E-state index in [-0.39, 0.29) is 24.5 Å². The normalized spacial score (nSPS) is 30.9. The molecule has 148 valence electrons. The molecule has 3 fully saturated rings. The first-order chi connectivity index (χ1) is 12.9. The monoisotopic (exact) mass is 391 g/mol. The number of rotatable bonds is 4. The van der Waals surface area contributed by atoms with Gasteiger partial charge in [-0.25, -0.2) is 13.1 Å². The van der Waals surface area contributed by atoms with Crippen LogP contribution >= 0.6 is 0 Å². The predicted molar refractivity (Wildman–Crippen MR) is 104 cm³/mol. The number of sulfonamides is 1. The quantitative estimate of drug-likeness (QED) is 0.817. The van der Waals surface area contributed by atoms with E-state index in [0.29, 0.717) is 23.2 Å². The first kappa shape index (κ1) is 18.9. The van der Waals surface area contributed by atoms with Crippen molar-refractivity contribution in [2.45, 2.75) is 56.5 Å². The molecule has 0 radical (unpaired) electrons. The molecule has 3 aliphatic rings. The van der Waals surface area contributed by atoms with Crippen molar-refractivity contribution < 1.29 is 13.2 Å². The van der Waals surface area contributed by atoms with Gasteiger partial charge in [-0.2, -0.15) is 0 Å². The number of carbonyl (C=O) groups excluding carboxylic acids is 1. The van der Waals surface area contributed by atoms with Crippen LogP contribution in [-0.4, -0.2) is 50.9 Å². The van der Waals surface area contributed by atoms with Crippen LogP contribution in [0.2, 0.25) is 0 Å². The Bertz CT molecular complexity index is 839. The summed E-state index contributed by atoms with van der Waals surface area (Å²) in [4.78, 5) is 15.1. The van der Waals surface area contributed by atoms with Crippen molar-refractivity contribution in [3.05, 3.63) is 29.3 Å². The average Bonchev–Trinajstić information content (AvgIpc) is 2.64. The number of amides is 1. The van der Waals surface area contributed by atoms with Gasteiger partial charge in [-0.1, -0.05) is 12.1 Å². The molecule has 6 nitrogen and oxygen atoms in total. The van der Waals surface area contributed by atoms with Crippen LogP contribution in [0.4, 0.5) is 0 Å². The lowest BCUT2D eigenvalue weighted by Gasteiger charge is -2.54. The number of carbonyl (C=O) groups is 1. The van der Waals surface area contributed by atoms with Gasteiger partial charge in [-0.15, -0.1) is 0 Å². The maximum Gasteiger partial charge on any atom is 0.240 e. The lowest BCUT2D eigenvalue weighted by atomic mass is 9.72. The number of fused-ring (bicyclic) bond motifs is 4. The van der Waals surface area contributed by atoms with Gasteiger partial charge in [0.25, 0.3) is 0 Å². The van der Waals surface area contributed by atoms with Gasteiger partial charge in [0.05, 0.1) is 4.90 Å². The van der Waals surface area contributed by atoms with Crippen molar-refractivity contribution in [3.63, 3.8) is 0 Å². The minimum Gasteiger partial charge on any atom is -0.335 e. The molecule has 2 N–H and O–H groups in total. The molecule has 0 unspecified atom stereocenters. The summed E-state index contributed by atoms with van der Waals surface area (Å²) in [5, 5.41) is 3.49. The molecule has 1 aromatic carbocycles. The Morgan fingerprint density at radius 2 is 2.00 bits per heavy atom. The molecule has 3 saturated heterocycles. The summed E-state index contributed by atoms with van der Waals surface area (Å²) in [5.41, 5.74) is 1.66. The minimum atomic E-state index is -3.60. The molecule has 3 heterocycles. The predicted octanol–water partition coefficient (Wildman–Crippen LogP) is 1.57.